The second-order valence-electron chi connectivity index (χ2n) is 5.43. The molecule has 0 unspecified atom stereocenters. The molecule has 106 valence electrons. The van der Waals surface area contributed by atoms with Crippen molar-refractivity contribution in [1.82, 2.24) is 10.0 Å². The Labute approximate surface area is 114 Å². The van der Waals surface area contributed by atoms with Crippen LogP contribution >= 0.6 is 12.2 Å². The van der Waals surface area contributed by atoms with Crippen molar-refractivity contribution in [3.8, 4) is 0 Å². The largest absolute Gasteiger partial charge is 0.392 e. The van der Waals surface area contributed by atoms with Crippen LogP contribution in [0, 0.1) is 5.41 Å². The fourth-order valence-electron chi connectivity index (χ4n) is 1.17. The summed E-state index contributed by atoms with van der Waals surface area (Å²) < 4.78 is 24.7. The Kier molecular flexibility index (Phi) is 5.27. The molecule has 0 aliphatic carbocycles. The first-order valence-electron chi connectivity index (χ1n) is 5.35. The van der Waals surface area contributed by atoms with Gasteiger partial charge in [-0.05, 0) is 27.7 Å². The molecule has 0 bridgehead atoms. The number of nitrogens with one attached hydrogen (secondary N) is 2. The van der Waals surface area contributed by atoms with E-state index in [1.54, 1.807) is 27.7 Å². The number of carbonyl (C=O) groups excluding carboxylic acids is 1. The number of carbonyl (C=O) groups is 1. The van der Waals surface area contributed by atoms with Crippen LogP contribution in [0.3, 0.4) is 0 Å². The van der Waals surface area contributed by atoms with Crippen LogP contribution in [0.25, 0.3) is 0 Å². The summed E-state index contributed by atoms with van der Waals surface area (Å²) in [6.45, 7) is 6.71. The van der Waals surface area contributed by atoms with E-state index >= 15 is 0 Å². The van der Waals surface area contributed by atoms with Gasteiger partial charge >= 0.3 is 0 Å². The first kappa shape index (κ1) is 17.3. The molecule has 4 N–H and O–H groups in total. The third kappa shape index (κ3) is 5.74. The van der Waals surface area contributed by atoms with Crippen LogP contribution in [0.15, 0.2) is 0 Å². The average Bonchev–Trinajstić information content (AvgIpc) is 2.09. The van der Waals surface area contributed by atoms with Gasteiger partial charge in [0.2, 0.25) is 15.9 Å². The Morgan fingerprint density at radius 1 is 1.28 bits per heavy atom. The predicted octanol–water partition coefficient (Wildman–Crippen LogP) is -0.257. The van der Waals surface area contributed by atoms with Gasteiger partial charge in [0.15, 0.2) is 0 Å². The highest BCUT2D eigenvalue weighted by Gasteiger charge is 2.32. The number of nitrogens with two attached hydrogens (primary N) is 1. The topological polar surface area (TPSA) is 101 Å². The first-order chi connectivity index (χ1) is 7.78. The van der Waals surface area contributed by atoms with Crippen LogP contribution in [0.5, 0.6) is 0 Å². The molecule has 0 aromatic rings. The van der Waals surface area contributed by atoms with Gasteiger partial charge in [0.1, 0.15) is 0 Å². The molecule has 0 atom stereocenters. The van der Waals surface area contributed by atoms with Crippen LogP contribution in [-0.4, -0.2) is 37.7 Å². The lowest BCUT2D eigenvalue weighted by Gasteiger charge is -2.28. The fourth-order valence-corrected chi connectivity index (χ4v) is 2.34. The number of sulfonamides is 1. The summed E-state index contributed by atoms with van der Waals surface area (Å²) in [6, 6.07) is 0. The Morgan fingerprint density at radius 3 is 2.06 bits per heavy atom. The zero-order valence-electron chi connectivity index (χ0n) is 11.3. The van der Waals surface area contributed by atoms with Gasteiger partial charge in [0.05, 0.1) is 16.7 Å². The smallest absolute Gasteiger partial charge is 0.232 e. The van der Waals surface area contributed by atoms with E-state index in [4.69, 9.17) is 18.0 Å². The Hall–Kier alpha value is -0.730. The maximum atomic E-state index is 11.9. The molecule has 0 saturated carbocycles. The standard InChI is InChI=1S/C10H21N3O3S2/c1-9(2,13-18(5,15)16)6-12-8(14)10(3,4)7(11)17/h13H,6H2,1-5H3,(H2,11,17)(H,12,14). The van der Waals surface area contributed by atoms with Crippen LogP contribution in [0.1, 0.15) is 27.7 Å². The summed E-state index contributed by atoms with van der Waals surface area (Å²) in [5.74, 6) is -0.335. The second-order valence-corrected chi connectivity index (χ2v) is 7.62. The maximum Gasteiger partial charge on any atom is 0.232 e. The lowest BCUT2D eigenvalue weighted by molar-refractivity contribution is -0.126. The van der Waals surface area contributed by atoms with Crippen molar-refractivity contribution in [3.63, 3.8) is 0 Å². The van der Waals surface area contributed by atoms with E-state index < -0.39 is 21.0 Å². The van der Waals surface area contributed by atoms with Gasteiger partial charge in [-0.25, -0.2) is 13.1 Å². The van der Waals surface area contributed by atoms with E-state index in [2.05, 4.69) is 10.0 Å². The van der Waals surface area contributed by atoms with E-state index in [0.717, 1.165) is 6.26 Å². The van der Waals surface area contributed by atoms with E-state index in [1.807, 2.05) is 0 Å². The quantitative estimate of drug-likeness (QED) is 0.586. The summed E-state index contributed by atoms with van der Waals surface area (Å²) in [4.78, 5) is 12.0. The molecule has 0 aliphatic heterocycles. The minimum atomic E-state index is -3.33. The van der Waals surface area contributed by atoms with Crippen molar-refractivity contribution in [3.05, 3.63) is 0 Å². The third-order valence-corrected chi connectivity index (χ3v) is 3.77. The number of rotatable bonds is 6. The Morgan fingerprint density at radius 2 is 1.72 bits per heavy atom. The summed E-state index contributed by atoms with van der Waals surface area (Å²) in [5, 5.41) is 2.63. The van der Waals surface area contributed by atoms with Crippen molar-refractivity contribution >= 4 is 33.1 Å². The van der Waals surface area contributed by atoms with Crippen molar-refractivity contribution in [2.75, 3.05) is 12.8 Å². The third-order valence-electron chi connectivity index (χ3n) is 2.34. The molecular formula is C10H21N3O3S2. The molecule has 0 fully saturated rings. The van der Waals surface area contributed by atoms with Crippen molar-refractivity contribution in [2.24, 2.45) is 11.1 Å². The van der Waals surface area contributed by atoms with E-state index in [9.17, 15) is 13.2 Å². The minimum absolute atomic E-state index is 0.0916. The molecule has 0 radical (unpaired) electrons. The molecule has 0 spiro atoms. The summed E-state index contributed by atoms with van der Waals surface area (Å²) >= 11 is 4.81. The maximum absolute atomic E-state index is 11.9. The Bertz CT molecular complexity index is 441. The summed E-state index contributed by atoms with van der Waals surface area (Å²) in [5.41, 5.74) is 3.73. The van der Waals surface area contributed by atoms with Crippen molar-refractivity contribution < 1.29 is 13.2 Å². The van der Waals surface area contributed by atoms with Gasteiger partial charge in [-0.15, -0.1) is 0 Å². The van der Waals surface area contributed by atoms with Gasteiger partial charge in [-0.3, -0.25) is 4.79 Å². The fraction of sp³-hybridized carbons (Fsp3) is 0.800. The van der Waals surface area contributed by atoms with Gasteiger partial charge in [-0.2, -0.15) is 0 Å². The van der Waals surface area contributed by atoms with Crippen molar-refractivity contribution in [2.45, 2.75) is 33.2 Å². The number of hydrogen-bond donors (Lipinski definition) is 3. The first-order valence-corrected chi connectivity index (χ1v) is 7.65. The molecule has 18 heavy (non-hydrogen) atoms. The van der Waals surface area contributed by atoms with Crippen LogP contribution < -0.4 is 15.8 Å². The summed E-state index contributed by atoms with van der Waals surface area (Å²) in [6.07, 6.45) is 1.06. The van der Waals surface area contributed by atoms with Gasteiger partial charge in [0, 0.05) is 12.1 Å². The normalized spacial score (nSPS) is 13.2. The number of thiocarbonyl (C=S) groups is 1. The zero-order chi connectivity index (χ0) is 14.8. The van der Waals surface area contributed by atoms with E-state index in [-0.39, 0.29) is 17.4 Å². The number of amides is 1. The molecule has 0 saturated heterocycles. The molecule has 0 aromatic heterocycles. The van der Waals surface area contributed by atoms with E-state index in [1.165, 1.54) is 0 Å². The predicted molar refractivity (Wildman–Crippen MR) is 75.6 cm³/mol. The molecule has 6 nitrogen and oxygen atoms in total. The highest BCUT2D eigenvalue weighted by atomic mass is 32.2. The van der Waals surface area contributed by atoms with E-state index in [0.29, 0.717) is 0 Å². The zero-order valence-corrected chi connectivity index (χ0v) is 13.0. The highest BCUT2D eigenvalue weighted by Crippen LogP contribution is 2.15. The van der Waals surface area contributed by atoms with Crippen molar-refractivity contribution in [1.29, 1.82) is 0 Å². The molecule has 0 rings (SSSR count). The second kappa shape index (κ2) is 5.50. The molecule has 8 heteroatoms. The van der Waals surface area contributed by atoms with Crippen LogP contribution in [0.4, 0.5) is 0 Å². The van der Waals surface area contributed by atoms with Crippen LogP contribution in [0.2, 0.25) is 0 Å². The highest BCUT2D eigenvalue weighted by molar-refractivity contribution is 7.88. The van der Waals surface area contributed by atoms with Gasteiger partial charge in [-0.1, -0.05) is 12.2 Å². The minimum Gasteiger partial charge on any atom is -0.392 e. The number of hydrogen-bond acceptors (Lipinski definition) is 4. The van der Waals surface area contributed by atoms with Gasteiger partial charge < -0.3 is 11.1 Å². The lowest BCUT2D eigenvalue weighted by atomic mass is 9.92. The van der Waals surface area contributed by atoms with Crippen LogP contribution in [-0.2, 0) is 14.8 Å². The molecule has 0 aliphatic rings. The Balaban J connectivity index is 4.60. The molecule has 0 heterocycles. The lowest BCUT2D eigenvalue weighted by Crippen LogP contribution is -2.54. The monoisotopic (exact) mass is 295 g/mol. The summed E-state index contributed by atoms with van der Waals surface area (Å²) in [7, 11) is -3.33. The average molecular weight is 295 g/mol. The molecular weight excluding hydrogens is 274 g/mol. The molecule has 1 amide bonds. The van der Waals surface area contributed by atoms with Gasteiger partial charge in [0.25, 0.3) is 0 Å². The SMILES string of the molecule is CC(C)(CNC(=O)C(C)(C)C(N)=S)NS(C)(=O)=O. The molecule has 0 aromatic carbocycles.